The summed E-state index contributed by atoms with van der Waals surface area (Å²) < 4.78 is 15.5. The first-order chi connectivity index (χ1) is 12.0. The molecular weight excluding hydrogens is 311 g/mol. The first-order valence-electron chi connectivity index (χ1n) is 8.78. The molecule has 25 heavy (non-hydrogen) atoms. The second kappa shape index (κ2) is 6.16. The highest BCUT2D eigenvalue weighted by atomic mass is 19.1. The van der Waals surface area contributed by atoms with Gasteiger partial charge in [-0.25, -0.2) is 4.39 Å². The molecule has 0 saturated heterocycles. The molecule has 0 bridgehead atoms. The SMILES string of the molecule is CC(=Cn1c2c(c3cc(C)ccc31)CN(C)CC2)c1ccc(F)cc1. The predicted octanol–water partition coefficient (Wildman–Crippen LogP) is 5.09. The molecule has 1 aliphatic heterocycles. The number of aromatic nitrogens is 1. The lowest BCUT2D eigenvalue weighted by molar-refractivity contribution is 0.312. The summed E-state index contributed by atoms with van der Waals surface area (Å²) in [5, 5.41) is 1.35. The van der Waals surface area contributed by atoms with E-state index in [1.54, 1.807) is 0 Å². The van der Waals surface area contributed by atoms with Crippen LogP contribution in [0.5, 0.6) is 0 Å². The lowest BCUT2D eigenvalue weighted by atomic mass is 10.0. The second-order valence-corrected chi connectivity index (χ2v) is 7.12. The Morgan fingerprint density at radius 2 is 1.88 bits per heavy atom. The van der Waals surface area contributed by atoms with Crippen LogP contribution in [0.4, 0.5) is 4.39 Å². The van der Waals surface area contributed by atoms with Crippen molar-refractivity contribution in [1.82, 2.24) is 9.47 Å². The number of fused-ring (bicyclic) bond motifs is 3. The molecule has 0 amide bonds. The number of allylic oxidation sites excluding steroid dienone is 1. The summed E-state index contributed by atoms with van der Waals surface area (Å²) in [7, 11) is 2.18. The summed E-state index contributed by atoms with van der Waals surface area (Å²) in [6, 6.07) is 13.4. The Labute approximate surface area is 148 Å². The average Bonchev–Trinajstić information content (AvgIpc) is 2.88. The Morgan fingerprint density at radius 1 is 1.12 bits per heavy atom. The summed E-state index contributed by atoms with van der Waals surface area (Å²) in [6.07, 6.45) is 3.25. The average molecular weight is 334 g/mol. The van der Waals surface area contributed by atoms with E-state index >= 15 is 0 Å². The maximum absolute atomic E-state index is 13.2. The highest BCUT2D eigenvalue weighted by Gasteiger charge is 2.21. The molecule has 1 aromatic heterocycles. The van der Waals surface area contributed by atoms with Crippen LogP contribution in [0.25, 0.3) is 22.7 Å². The van der Waals surface area contributed by atoms with Gasteiger partial charge in [-0.05, 0) is 61.9 Å². The fourth-order valence-corrected chi connectivity index (χ4v) is 3.77. The number of hydrogen-bond acceptors (Lipinski definition) is 1. The molecule has 2 aromatic carbocycles. The molecule has 4 rings (SSSR count). The Balaban J connectivity index is 1.89. The van der Waals surface area contributed by atoms with Crippen molar-refractivity contribution in [2.75, 3.05) is 13.6 Å². The number of aryl methyl sites for hydroxylation is 1. The molecule has 0 atom stereocenters. The van der Waals surface area contributed by atoms with Gasteiger partial charge >= 0.3 is 0 Å². The van der Waals surface area contributed by atoms with Crippen molar-refractivity contribution in [1.29, 1.82) is 0 Å². The second-order valence-electron chi connectivity index (χ2n) is 7.12. The van der Waals surface area contributed by atoms with Gasteiger partial charge in [0.2, 0.25) is 0 Å². The fourth-order valence-electron chi connectivity index (χ4n) is 3.77. The van der Waals surface area contributed by atoms with Gasteiger partial charge in [-0.15, -0.1) is 0 Å². The van der Waals surface area contributed by atoms with E-state index in [4.69, 9.17) is 0 Å². The fraction of sp³-hybridized carbons (Fsp3) is 0.273. The quantitative estimate of drug-likeness (QED) is 0.633. The largest absolute Gasteiger partial charge is 0.320 e. The van der Waals surface area contributed by atoms with Crippen LogP contribution < -0.4 is 0 Å². The van der Waals surface area contributed by atoms with Crippen LogP contribution in [-0.2, 0) is 13.0 Å². The lowest BCUT2D eigenvalue weighted by Gasteiger charge is -2.23. The zero-order chi connectivity index (χ0) is 17.6. The number of benzene rings is 2. The van der Waals surface area contributed by atoms with Crippen molar-refractivity contribution in [3.05, 3.63) is 70.7 Å². The van der Waals surface area contributed by atoms with E-state index in [9.17, 15) is 4.39 Å². The van der Waals surface area contributed by atoms with Gasteiger partial charge in [-0.1, -0.05) is 23.8 Å². The van der Waals surface area contributed by atoms with Crippen molar-refractivity contribution in [2.45, 2.75) is 26.8 Å². The zero-order valence-corrected chi connectivity index (χ0v) is 15.0. The smallest absolute Gasteiger partial charge is 0.123 e. The van der Waals surface area contributed by atoms with E-state index in [-0.39, 0.29) is 5.82 Å². The Morgan fingerprint density at radius 3 is 2.64 bits per heavy atom. The van der Waals surface area contributed by atoms with Crippen molar-refractivity contribution in [3.8, 4) is 0 Å². The van der Waals surface area contributed by atoms with E-state index in [1.165, 1.54) is 39.9 Å². The van der Waals surface area contributed by atoms with Crippen molar-refractivity contribution >= 4 is 22.7 Å². The lowest BCUT2D eigenvalue weighted by Crippen LogP contribution is -2.26. The summed E-state index contributed by atoms with van der Waals surface area (Å²) in [5.41, 5.74) is 7.58. The first kappa shape index (κ1) is 16.1. The minimum Gasteiger partial charge on any atom is -0.320 e. The maximum atomic E-state index is 13.2. The molecule has 2 heterocycles. The van der Waals surface area contributed by atoms with Crippen LogP contribution in [0, 0.1) is 12.7 Å². The van der Waals surface area contributed by atoms with Crippen LogP contribution in [0.2, 0.25) is 0 Å². The maximum Gasteiger partial charge on any atom is 0.123 e. The van der Waals surface area contributed by atoms with Crippen LogP contribution in [0.3, 0.4) is 0 Å². The summed E-state index contributed by atoms with van der Waals surface area (Å²) in [5.74, 6) is -0.196. The van der Waals surface area contributed by atoms with Gasteiger partial charge in [-0.3, -0.25) is 0 Å². The molecule has 2 nitrogen and oxygen atoms in total. The Bertz CT molecular complexity index is 964. The van der Waals surface area contributed by atoms with E-state index in [0.717, 1.165) is 30.6 Å². The van der Waals surface area contributed by atoms with E-state index < -0.39 is 0 Å². The van der Waals surface area contributed by atoms with E-state index in [1.807, 2.05) is 12.1 Å². The van der Waals surface area contributed by atoms with Gasteiger partial charge in [0, 0.05) is 36.8 Å². The summed E-state index contributed by atoms with van der Waals surface area (Å²) in [4.78, 5) is 2.38. The van der Waals surface area contributed by atoms with Gasteiger partial charge in [0.15, 0.2) is 0 Å². The monoisotopic (exact) mass is 334 g/mol. The molecule has 0 spiro atoms. The standard InChI is InChI=1S/C22H23FN2/c1-15-4-9-21-19(12-15)20-14-24(3)11-10-22(20)25(21)13-16(2)17-5-7-18(23)8-6-17/h4-9,12-13H,10-11,14H2,1-3H3. The third-order valence-corrected chi connectivity index (χ3v) is 5.16. The van der Waals surface area contributed by atoms with Crippen LogP contribution >= 0.6 is 0 Å². The van der Waals surface area contributed by atoms with Gasteiger partial charge in [-0.2, -0.15) is 0 Å². The van der Waals surface area contributed by atoms with Crippen molar-refractivity contribution in [2.24, 2.45) is 0 Å². The summed E-state index contributed by atoms with van der Waals surface area (Å²) in [6.45, 7) is 6.31. The highest BCUT2D eigenvalue weighted by molar-refractivity contribution is 5.90. The molecule has 0 radical (unpaired) electrons. The minimum atomic E-state index is -0.196. The number of halogens is 1. The third kappa shape index (κ3) is 2.89. The van der Waals surface area contributed by atoms with Gasteiger partial charge < -0.3 is 9.47 Å². The van der Waals surface area contributed by atoms with Crippen molar-refractivity contribution in [3.63, 3.8) is 0 Å². The van der Waals surface area contributed by atoms with Crippen LogP contribution in [-0.4, -0.2) is 23.1 Å². The number of likely N-dealkylation sites (N-methyl/N-ethyl adjacent to an activating group) is 1. The minimum absolute atomic E-state index is 0.196. The highest BCUT2D eigenvalue weighted by Crippen LogP contribution is 2.32. The molecule has 3 heteroatoms. The topological polar surface area (TPSA) is 8.17 Å². The molecule has 0 aliphatic carbocycles. The zero-order valence-electron chi connectivity index (χ0n) is 15.0. The summed E-state index contributed by atoms with van der Waals surface area (Å²) >= 11 is 0. The van der Waals surface area contributed by atoms with Crippen LogP contribution in [0.15, 0.2) is 42.5 Å². The van der Waals surface area contributed by atoms with Gasteiger partial charge in [0.05, 0.1) is 5.52 Å². The first-order valence-corrected chi connectivity index (χ1v) is 8.78. The predicted molar refractivity (Wildman–Crippen MR) is 103 cm³/mol. The van der Waals surface area contributed by atoms with E-state index in [0.29, 0.717) is 0 Å². The number of hydrogen-bond donors (Lipinski definition) is 0. The van der Waals surface area contributed by atoms with Crippen molar-refractivity contribution < 1.29 is 4.39 Å². The molecule has 128 valence electrons. The molecular formula is C22H23FN2. The molecule has 0 unspecified atom stereocenters. The molecule has 0 saturated carbocycles. The Hall–Kier alpha value is -2.39. The van der Waals surface area contributed by atoms with Crippen LogP contribution in [0.1, 0.15) is 29.3 Å². The molecule has 1 aliphatic rings. The molecule has 0 fully saturated rings. The normalized spacial score (nSPS) is 15.6. The Kier molecular flexibility index (Phi) is 3.97. The number of rotatable bonds is 2. The third-order valence-electron chi connectivity index (χ3n) is 5.16. The van der Waals surface area contributed by atoms with Gasteiger partial charge in [0.25, 0.3) is 0 Å². The molecule has 3 aromatic rings. The van der Waals surface area contributed by atoms with E-state index in [2.05, 4.69) is 54.8 Å². The van der Waals surface area contributed by atoms with Gasteiger partial charge in [0.1, 0.15) is 5.82 Å². The molecule has 0 N–H and O–H groups in total. The number of nitrogens with zero attached hydrogens (tertiary/aromatic N) is 2.